The van der Waals surface area contributed by atoms with Gasteiger partial charge in [0.15, 0.2) is 0 Å². The van der Waals surface area contributed by atoms with Gasteiger partial charge >= 0.3 is 0 Å². The van der Waals surface area contributed by atoms with Crippen molar-refractivity contribution in [2.45, 2.75) is 64.0 Å². The number of piperidine rings is 1. The summed E-state index contributed by atoms with van der Waals surface area (Å²) in [6, 6.07) is 1.76. The highest BCUT2D eigenvalue weighted by molar-refractivity contribution is 4.92. The van der Waals surface area contributed by atoms with Crippen LogP contribution in [0.4, 0.5) is 0 Å². The van der Waals surface area contributed by atoms with E-state index < -0.39 is 0 Å². The van der Waals surface area contributed by atoms with Gasteiger partial charge in [0, 0.05) is 18.6 Å². The van der Waals surface area contributed by atoms with Crippen molar-refractivity contribution in [1.82, 2.24) is 10.2 Å². The summed E-state index contributed by atoms with van der Waals surface area (Å²) in [6.07, 6.45) is 10.1. The maximum Gasteiger partial charge on any atom is 0.0121 e. The summed E-state index contributed by atoms with van der Waals surface area (Å²) in [7, 11) is 0. The fourth-order valence-electron chi connectivity index (χ4n) is 4.15. The number of nitrogens with one attached hydrogen (secondary N) is 1. The first-order valence-corrected chi connectivity index (χ1v) is 7.86. The van der Waals surface area contributed by atoms with E-state index in [1.165, 1.54) is 64.6 Å². The third-order valence-corrected chi connectivity index (χ3v) is 5.21. The van der Waals surface area contributed by atoms with Crippen molar-refractivity contribution in [2.75, 3.05) is 19.6 Å². The van der Waals surface area contributed by atoms with Crippen LogP contribution in [-0.2, 0) is 0 Å². The smallest absolute Gasteiger partial charge is 0.0121 e. The molecule has 0 aromatic heterocycles. The Morgan fingerprint density at radius 3 is 2.71 bits per heavy atom. The lowest BCUT2D eigenvalue weighted by molar-refractivity contribution is 0.0934. The van der Waals surface area contributed by atoms with Crippen LogP contribution in [0.3, 0.4) is 0 Å². The monoisotopic (exact) mass is 236 g/mol. The summed E-state index contributed by atoms with van der Waals surface area (Å²) in [5.74, 6) is 1.99. The van der Waals surface area contributed by atoms with E-state index in [-0.39, 0.29) is 0 Å². The molecule has 2 heterocycles. The summed E-state index contributed by atoms with van der Waals surface area (Å²) >= 11 is 0. The Balaban J connectivity index is 1.58. The molecular weight excluding hydrogens is 208 g/mol. The zero-order valence-electron chi connectivity index (χ0n) is 11.3. The normalized spacial score (nSPS) is 37.2. The molecule has 3 atom stereocenters. The lowest BCUT2D eigenvalue weighted by Gasteiger charge is -2.40. The first kappa shape index (κ1) is 12.0. The second kappa shape index (κ2) is 5.27. The quantitative estimate of drug-likeness (QED) is 0.807. The fraction of sp³-hybridized carbons (Fsp3) is 1.00. The molecule has 1 N–H and O–H groups in total. The molecule has 0 radical (unpaired) electrons. The standard InChI is InChI=1S/C15H28N2/c1-2-15(12-7-8-12)17-10-4-5-13(11-17)14-6-3-9-16-14/h12-16H,2-11H2,1H3. The van der Waals surface area contributed by atoms with Gasteiger partial charge in [0.05, 0.1) is 0 Å². The molecule has 17 heavy (non-hydrogen) atoms. The van der Waals surface area contributed by atoms with Crippen LogP contribution in [0.15, 0.2) is 0 Å². The minimum Gasteiger partial charge on any atom is -0.314 e. The van der Waals surface area contributed by atoms with Crippen molar-refractivity contribution < 1.29 is 0 Å². The minimum absolute atomic E-state index is 0.842. The van der Waals surface area contributed by atoms with Crippen LogP contribution in [0.5, 0.6) is 0 Å². The lowest BCUT2D eigenvalue weighted by Crippen LogP contribution is -2.48. The Hall–Kier alpha value is -0.0800. The molecule has 98 valence electrons. The van der Waals surface area contributed by atoms with Crippen molar-refractivity contribution in [3.8, 4) is 0 Å². The van der Waals surface area contributed by atoms with Crippen LogP contribution in [0.25, 0.3) is 0 Å². The molecular formula is C15H28N2. The van der Waals surface area contributed by atoms with E-state index in [9.17, 15) is 0 Å². The van der Waals surface area contributed by atoms with Crippen molar-refractivity contribution in [1.29, 1.82) is 0 Å². The van der Waals surface area contributed by atoms with Crippen molar-refractivity contribution in [2.24, 2.45) is 11.8 Å². The molecule has 2 saturated heterocycles. The van der Waals surface area contributed by atoms with Gasteiger partial charge in [-0.15, -0.1) is 0 Å². The Morgan fingerprint density at radius 2 is 2.06 bits per heavy atom. The molecule has 0 bridgehead atoms. The molecule has 0 spiro atoms. The summed E-state index contributed by atoms with van der Waals surface area (Å²) in [5.41, 5.74) is 0. The Kier molecular flexibility index (Phi) is 3.72. The van der Waals surface area contributed by atoms with Gasteiger partial charge in [-0.05, 0) is 69.9 Å². The number of rotatable bonds is 4. The van der Waals surface area contributed by atoms with Gasteiger partial charge in [-0.25, -0.2) is 0 Å². The second-order valence-electron chi connectivity index (χ2n) is 6.41. The van der Waals surface area contributed by atoms with Crippen molar-refractivity contribution >= 4 is 0 Å². The predicted molar refractivity (Wildman–Crippen MR) is 72.1 cm³/mol. The molecule has 0 aromatic carbocycles. The van der Waals surface area contributed by atoms with Crippen LogP contribution in [0, 0.1) is 11.8 Å². The van der Waals surface area contributed by atoms with E-state index in [1.54, 1.807) is 0 Å². The number of hydrogen-bond acceptors (Lipinski definition) is 2. The third kappa shape index (κ3) is 2.68. The van der Waals surface area contributed by atoms with Gasteiger partial charge in [0.2, 0.25) is 0 Å². The van der Waals surface area contributed by atoms with Gasteiger partial charge in [-0.2, -0.15) is 0 Å². The average Bonchev–Trinajstić information content (AvgIpc) is 3.05. The molecule has 3 rings (SSSR count). The fourth-order valence-corrected chi connectivity index (χ4v) is 4.15. The zero-order chi connectivity index (χ0) is 11.7. The first-order valence-electron chi connectivity index (χ1n) is 7.86. The minimum atomic E-state index is 0.842. The van der Waals surface area contributed by atoms with Crippen molar-refractivity contribution in [3.63, 3.8) is 0 Å². The van der Waals surface area contributed by atoms with Gasteiger partial charge in [-0.3, -0.25) is 4.90 Å². The van der Waals surface area contributed by atoms with Crippen LogP contribution in [0.2, 0.25) is 0 Å². The van der Waals surface area contributed by atoms with Gasteiger partial charge in [0.1, 0.15) is 0 Å². The van der Waals surface area contributed by atoms with E-state index in [0.717, 1.165) is 23.9 Å². The van der Waals surface area contributed by atoms with Crippen molar-refractivity contribution in [3.05, 3.63) is 0 Å². The Labute approximate surface area is 106 Å². The van der Waals surface area contributed by atoms with Gasteiger partial charge in [-0.1, -0.05) is 6.92 Å². The molecule has 1 aliphatic carbocycles. The van der Waals surface area contributed by atoms with Gasteiger partial charge < -0.3 is 5.32 Å². The van der Waals surface area contributed by atoms with E-state index in [1.807, 2.05) is 0 Å². The number of likely N-dealkylation sites (tertiary alicyclic amines) is 1. The largest absolute Gasteiger partial charge is 0.314 e. The predicted octanol–water partition coefficient (Wildman–Crippen LogP) is 2.64. The highest BCUT2D eigenvalue weighted by atomic mass is 15.2. The Morgan fingerprint density at radius 1 is 1.18 bits per heavy atom. The third-order valence-electron chi connectivity index (χ3n) is 5.21. The maximum atomic E-state index is 3.72. The van der Waals surface area contributed by atoms with E-state index in [0.29, 0.717) is 0 Å². The van der Waals surface area contributed by atoms with Gasteiger partial charge in [0.25, 0.3) is 0 Å². The van der Waals surface area contributed by atoms with Crippen LogP contribution in [0.1, 0.15) is 51.9 Å². The average molecular weight is 236 g/mol. The zero-order valence-corrected chi connectivity index (χ0v) is 11.3. The highest BCUT2D eigenvalue weighted by Gasteiger charge is 2.37. The first-order chi connectivity index (χ1) is 8.38. The molecule has 2 nitrogen and oxygen atoms in total. The molecule has 3 aliphatic rings. The number of nitrogens with zero attached hydrogens (tertiary/aromatic N) is 1. The summed E-state index contributed by atoms with van der Waals surface area (Å²) < 4.78 is 0. The van der Waals surface area contributed by atoms with Crippen LogP contribution >= 0.6 is 0 Å². The molecule has 3 unspecified atom stereocenters. The number of hydrogen-bond donors (Lipinski definition) is 1. The van der Waals surface area contributed by atoms with E-state index in [4.69, 9.17) is 0 Å². The molecule has 2 aliphatic heterocycles. The summed E-state index contributed by atoms with van der Waals surface area (Å²) in [5, 5.41) is 3.72. The Bertz CT molecular complexity index is 243. The topological polar surface area (TPSA) is 15.3 Å². The molecule has 2 heteroatoms. The van der Waals surface area contributed by atoms with E-state index >= 15 is 0 Å². The molecule has 3 fully saturated rings. The molecule has 0 aromatic rings. The molecule has 0 amide bonds. The lowest BCUT2D eigenvalue weighted by atomic mass is 9.88. The van der Waals surface area contributed by atoms with Crippen LogP contribution < -0.4 is 5.32 Å². The second-order valence-corrected chi connectivity index (χ2v) is 6.41. The SMILES string of the molecule is CCC(C1CC1)N1CCCC(C2CCCN2)C1. The summed E-state index contributed by atoms with van der Waals surface area (Å²) in [4.78, 5) is 2.84. The van der Waals surface area contributed by atoms with Crippen LogP contribution in [-0.4, -0.2) is 36.6 Å². The summed E-state index contributed by atoms with van der Waals surface area (Å²) in [6.45, 7) is 6.41. The highest BCUT2D eigenvalue weighted by Crippen LogP contribution is 2.38. The maximum absolute atomic E-state index is 3.72. The van der Waals surface area contributed by atoms with E-state index in [2.05, 4.69) is 17.1 Å². The molecule has 1 saturated carbocycles.